The van der Waals surface area contributed by atoms with Crippen molar-refractivity contribution < 1.29 is 23.4 Å². The van der Waals surface area contributed by atoms with Crippen LogP contribution in [0.25, 0.3) is 28.0 Å². The number of hydrogen-bond acceptors (Lipinski definition) is 5. The number of carbonyl (C=O) groups is 1. The molecule has 2 N–H and O–H groups in total. The fraction of sp³-hybridized carbons (Fsp3) is 0.0909. The number of nitrogens with zero attached hydrogens (tertiary/aromatic N) is 2. The lowest BCUT2D eigenvalue weighted by Crippen LogP contribution is -2.18. The second-order valence-electron chi connectivity index (χ2n) is 6.90. The van der Waals surface area contributed by atoms with E-state index in [-0.39, 0.29) is 32.8 Å². The van der Waals surface area contributed by atoms with Crippen molar-refractivity contribution >= 4 is 29.2 Å². The van der Waals surface area contributed by atoms with Crippen molar-refractivity contribution in [2.24, 2.45) is 0 Å². The van der Waals surface area contributed by atoms with E-state index < -0.39 is 18.1 Å². The summed E-state index contributed by atoms with van der Waals surface area (Å²) in [4.78, 5) is 31.7. The maximum absolute atomic E-state index is 12.7. The quantitative estimate of drug-likeness (QED) is 0.423. The molecule has 0 bridgehead atoms. The number of H-pyrrole nitrogens is 1. The molecule has 4 aromatic rings. The Morgan fingerprint density at radius 2 is 1.94 bits per heavy atom. The number of ether oxygens (including phenoxy) is 1. The number of aromatic carboxylic acids is 1. The van der Waals surface area contributed by atoms with Crippen molar-refractivity contribution in [3.63, 3.8) is 0 Å². The molecule has 2 aromatic carbocycles. The number of alkyl halides is 2. The summed E-state index contributed by atoms with van der Waals surface area (Å²) in [6.45, 7) is -1.15. The van der Waals surface area contributed by atoms with Gasteiger partial charge in [0.25, 0.3) is 5.56 Å². The number of halogens is 2. The van der Waals surface area contributed by atoms with Crippen LogP contribution in [0.2, 0.25) is 0 Å². The molecular formula is C22H15F2N3O4S. The Bertz CT molecular complexity index is 1480. The van der Waals surface area contributed by atoms with Gasteiger partial charge in [0.15, 0.2) is 10.4 Å². The normalized spacial score (nSPS) is 11.1. The molecule has 0 amide bonds. The maximum Gasteiger partial charge on any atom is 0.387 e. The number of nitrogens with one attached hydrogen (secondary N) is 1. The minimum Gasteiger partial charge on any atom is -0.478 e. The monoisotopic (exact) mass is 455 g/mol. The second kappa shape index (κ2) is 8.31. The van der Waals surface area contributed by atoms with Gasteiger partial charge in [0, 0.05) is 5.56 Å². The van der Waals surface area contributed by atoms with Gasteiger partial charge in [0.1, 0.15) is 5.75 Å². The van der Waals surface area contributed by atoms with Crippen molar-refractivity contribution in [1.82, 2.24) is 14.5 Å². The van der Waals surface area contributed by atoms with Crippen molar-refractivity contribution in [2.75, 3.05) is 0 Å². The van der Waals surface area contributed by atoms with E-state index in [1.165, 1.54) is 28.8 Å². The van der Waals surface area contributed by atoms with Crippen LogP contribution < -0.4 is 10.3 Å². The van der Waals surface area contributed by atoms with E-state index in [1.54, 1.807) is 24.3 Å². The van der Waals surface area contributed by atoms with Gasteiger partial charge < -0.3 is 9.84 Å². The summed E-state index contributed by atoms with van der Waals surface area (Å²) in [7, 11) is 0. The van der Waals surface area contributed by atoms with E-state index in [4.69, 9.17) is 12.2 Å². The minimum atomic E-state index is -3.02. The Kier molecular flexibility index (Phi) is 5.54. The summed E-state index contributed by atoms with van der Waals surface area (Å²) < 4.78 is 31.2. The van der Waals surface area contributed by atoms with Crippen LogP contribution in [-0.4, -0.2) is 32.2 Å². The van der Waals surface area contributed by atoms with Gasteiger partial charge in [-0.3, -0.25) is 14.3 Å². The van der Waals surface area contributed by atoms with Crippen LogP contribution in [0, 0.1) is 11.7 Å². The molecule has 0 aliphatic carbocycles. The average molecular weight is 455 g/mol. The summed E-state index contributed by atoms with van der Waals surface area (Å²) in [5.41, 5.74) is 0.996. The Morgan fingerprint density at radius 1 is 1.19 bits per heavy atom. The number of carboxylic acids is 1. The molecule has 162 valence electrons. The van der Waals surface area contributed by atoms with E-state index in [0.717, 1.165) is 5.56 Å². The molecule has 0 saturated heterocycles. The van der Waals surface area contributed by atoms with Gasteiger partial charge in [-0.05, 0) is 55.0 Å². The zero-order valence-corrected chi connectivity index (χ0v) is 17.3. The molecule has 0 saturated carbocycles. The number of benzene rings is 2. The largest absolute Gasteiger partial charge is 0.478 e. The summed E-state index contributed by atoms with van der Waals surface area (Å²) in [6, 6.07) is 14.1. The molecule has 7 nitrogen and oxygen atoms in total. The molecule has 2 aromatic heterocycles. The number of aromatic amines is 1. The highest BCUT2D eigenvalue weighted by Gasteiger charge is 2.20. The standard InChI is InChI=1S/C22H15F2N3O4S/c1-11-4-2-6-13(8-11)27-18-17(19(28)26-22(27)32)15(20(29)30)10-16(25-18)12-5-3-7-14(9-12)31-21(23)24/h2-10,21H,1H3,(H,29,30)(H,26,28,32). The first-order valence-electron chi connectivity index (χ1n) is 9.30. The summed E-state index contributed by atoms with van der Waals surface area (Å²) in [5.74, 6) is -1.46. The fourth-order valence-electron chi connectivity index (χ4n) is 3.38. The predicted octanol–water partition coefficient (Wildman–Crippen LogP) is 4.72. The van der Waals surface area contributed by atoms with Crippen molar-refractivity contribution in [2.45, 2.75) is 13.5 Å². The average Bonchev–Trinajstić information content (AvgIpc) is 2.72. The van der Waals surface area contributed by atoms with Gasteiger partial charge >= 0.3 is 12.6 Å². The maximum atomic E-state index is 12.7. The number of aryl methyl sites for hydroxylation is 1. The molecule has 4 rings (SSSR count). The van der Waals surface area contributed by atoms with Gasteiger partial charge in [0.2, 0.25) is 0 Å². The zero-order valence-electron chi connectivity index (χ0n) is 16.5. The van der Waals surface area contributed by atoms with Crippen LogP contribution in [0.4, 0.5) is 8.78 Å². The van der Waals surface area contributed by atoms with Crippen molar-refractivity contribution in [1.29, 1.82) is 0 Å². The minimum absolute atomic E-state index is 0.0273. The van der Waals surface area contributed by atoms with Crippen LogP contribution in [0.5, 0.6) is 5.75 Å². The molecule has 0 fully saturated rings. The summed E-state index contributed by atoms with van der Waals surface area (Å²) >= 11 is 5.35. The van der Waals surface area contributed by atoms with Gasteiger partial charge in [-0.25, -0.2) is 9.78 Å². The lowest BCUT2D eigenvalue weighted by molar-refractivity contribution is -0.0498. The summed E-state index contributed by atoms with van der Waals surface area (Å²) in [6.07, 6.45) is 0. The highest BCUT2D eigenvalue weighted by Crippen LogP contribution is 2.28. The highest BCUT2D eigenvalue weighted by atomic mass is 32.1. The van der Waals surface area contributed by atoms with Crippen LogP contribution in [0.1, 0.15) is 15.9 Å². The predicted molar refractivity (Wildman–Crippen MR) is 116 cm³/mol. The van der Waals surface area contributed by atoms with Crippen molar-refractivity contribution in [3.8, 4) is 22.7 Å². The molecule has 0 unspecified atom stereocenters. The lowest BCUT2D eigenvalue weighted by Gasteiger charge is -2.14. The molecule has 0 aliphatic rings. The van der Waals surface area contributed by atoms with Crippen LogP contribution in [0.15, 0.2) is 59.4 Å². The zero-order chi connectivity index (χ0) is 23.0. The third-order valence-corrected chi connectivity index (χ3v) is 4.99. The van der Waals surface area contributed by atoms with Crippen molar-refractivity contribution in [3.05, 3.63) is 80.8 Å². The molecule has 0 aliphatic heterocycles. The number of pyridine rings is 1. The Balaban J connectivity index is 2.08. The van der Waals surface area contributed by atoms with Gasteiger partial charge in [-0.15, -0.1) is 0 Å². The van der Waals surface area contributed by atoms with Gasteiger partial charge in [-0.2, -0.15) is 8.78 Å². The molecule has 2 heterocycles. The smallest absolute Gasteiger partial charge is 0.387 e. The lowest BCUT2D eigenvalue weighted by atomic mass is 10.1. The van der Waals surface area contributed by atoms with Crippen LogP contribution >= 0.6 is 12.2 Å². The summed E-state index contributed by atoms with van der Waals surface area (Å²) in [5, 5.41) is 9.63. The SMILES string of the molecule is Cc1cccc(-n2c(=S)[nH]c(=O)c3c(C(=O)O)cc(-c4cccc(OC(F)F)c4)nc32)c1. The topological polar surface area (TPSA) is 97.2 Å². The molecule has 32 heavy (non-hydrogen) atoms. The van der Waals surface area contributed by atoms with Crippen LogP contribution in [0.3, 0.4) is 0 Å². The highest BCUT2D eigenvalue weighted by molar-refractivity contribution is 7.71. The fourth-order valence-corrected chi connectivity index (χ4v) is 3.67. The second-order valence-corrected chi connectivity index (χ2v) is 7.29. The van der Waals surface area contributed by atoms with E-state index in [9.17, 15) is 23.5 Å². The molecule has 10 heteroatoms. The van der Waals surface area contributed by atoms with E-state index >= 15 is 0 Å². The molecule has 0 atom stereocenters. The number of hydrogen-bond donors (Lipinski definition) is 2. The third kappa shape index (κ3) is 4.00. The first-order chi connectivity index (χ1) is 15.2. The Hall–Kier alpha value is -3.92. The Morgan fingerprint density at radius 3 is 2.62 bits per heavy atom. The van der Waals surface area contributed by atoms with E-state index in [2.05, 4.69) is 14.7 Å². The van der Waals surface area contributed by atoms with Gasteiger partial charge in [0.05, 0.1) is 22.3 Å². The molecule has 0 radical (unpaired) electrons. The number of aromatic nitrogens is 3. The first kappa shape index (κ1) is 21.3. The Labute approximate surface area is 184 Å². The van der Waals surface area contributed by atoms with E-state index in [1.807, 2.05) is 13.0 Å². The number of fused-ring (bicyclic) bond motifs is 1. The molecular weight excluding hydrogens is 440 g/mol. The van der Waals surface area contributed by atoms with Crippen LogP contribution in [-0.2, 0) is 0 Å². The third-order valence-electron chi connectivity index (χ3n) is 4.71. The number of rotatable bonds is 5. The first-order valence-corrected chi connectivity index (χ1v) is 9.71. The van der Waals surface area contributed by atoms with Gasteiger partial charge in [-0.1, -0.05) is 24.3 Å². The van der Waals surface area contributed by atoms with E-state index in [0.29, 0.717) is 11.3 Å². The molecule has 0 spiro atoms. The number of carboxylic acid groups (broad SMARTS) is 1.